The van der Waals surface area contributed by atoms with Crippen molar-refractivity contribution in [3.05, 3.63) is 106 Å². The van der Waals surface area contributed by atoms with Crippen LogP contribution in [0.2, 0.25) is 0 Å². The van der Waals surface area contributed by atoms with E-state index in [9.17, 15) is 5.11 Å². The van der Waals surface area contributed by atoms with Crippen LogP contribution in [0.1, 0.15) is 16.7 Å². The van der Waals surface area contributed by atoms with Crippen LogP contribution >= 0.6 is 22.7 Å². The van der Waals surface area contributed by atoms with Gasteiger partial charge in [-0.1, -0.05) is 66.7 Å². The van der Waals surface area contributed by atoms with Gasteiger partial charge in [0.1, 0.15) is 5.60 Å². The number of thiophene rings is 2. The van der Waals surface area contributed by atoms with Crippen molar-refractivity contribution in [3.63, 3.8) is 0 Å². The Morgan fingerprint density at radius 2 is 1.25 bits per heavy atom. The van der Waals surface area contributed by atoms with E-state index in [4.69, 9.17) is 0 Å². The van der Waals surface area contributed by atoms with E-state index >= 15 is 0 Å². The molecule has 1 N–H and O–H groups in total. The fourth-order valence-corrected chi connectivity index (χ4v) is 4.86. The van der Waals surface area contributed by atoms with Crippen molar-refractivity contribution >= 4 is 22.7 Å². The third-order valence-electron chi connectivity index (χ3n) is 4.18. The average molecular weight is 348 g/mol. The zero-order chi connectivity index (χ0) is 16.4. The van der Waals surface area contributed by atoms with Gasteiger partial charge in [0.15, 0.2) is 0 Å². The van der Waals surface area contributed by atoms with Crippen LogP contribution in [0.4, 0.5) is 0 Å². The molecular formula is C21H16OS2. The van der Waals surface area contributed by atoms with Gasteiger partial charge in [-0.05, 0) is 34.0 Å². The molecule has 118 valence electrons. The molecule has 2 aromatic heterocycles. The van der Waals surface area contributed by atoms with Gasteiger partial charge in [0.2, 0.25) is 0 Å². The monoisotopic (exact) mass is 348 g/mol. The minimum Gasteiger partial charge on any atom is -0.376 e. The van der Waals surface area contributed by atoms with Crippen molar-refractivity contribution < 1.29 is 5.11 Å². The zero-order valence-corrected chi connectivity index (χ0v) is 14.6. The largest absolute Gasteiger partial charge is 0.376 e. The fourth-order valence-electron chi connectivity index (χ4n) is 3.03. The van der Waals surface area contributed by atoms with Crippen LogP contribution in [0.5, 0.6) is 0 Å². The first-order chi connectivity index (χ1) is 11.8. The molecule has 0 aliphatic heterocycles. The lowest BCUT2D eigenvalue weighted by Gasteiger charge is -2.30. The average Bonchev–Trinajstić information content (AvgIpc) is 3.34. The van der Waals surface area contributed by atoms with Crippen LogP contribution < -0.4 is 0 Å². The molecule has 1 nitrogen and oxygen atoms in total. The molecule has 0 unspecified atom stereocenters. The minimum absolute atomic E-state index is 0.882. The molecule has 0 radical (unpaired) electrons. The molecule has 2 aromatic carbocycles. The van der Waals surface area contributed by atoms with Gasteiger partial charge in [-0.2, -0.15) is 0 Å². The summed E-state index contributed by atoms with van der Waals surface area (Å²) in [5.41, 5.74) is 1.54. The Morgan fingerprint density at radius 1 is 0.625 bits per heavy atom. The van der Waals surface area contributed by atoms with E-state index < -0.39 is 5.60 Å². The number of benzene rings is 2. The van der Waals surface area contributed by atoms with E-state index in [1.54, 1.807) is 22.7 Å². The predicted molar refractivity (Wildman–Crippen MR) is 103 cm³/mol. The molecule has 0 fully saturated rings. The summed E-state index contributed by atoms with van der Waals surface area (Å²) in [6, 6.07) is 26.0. The maximum atomic E-state index is 11.9. The minimum atomic E-state index is -1.16. The van der Waals surface area contributed by atoms with Crippen molar-refractivity contribution in [1.29, 1.82) is 0 Å². The third kappa shape index (κ3) is 2.51. The van der Waals surface area contributed by atoms with Crippen LogP contribution in [0.25, 0.3) is 9.75 Å². The Bertz CT molecular complexity index is 869. The van der Waals surface area contributed by atoms with Gasteiger partial charge in [0.25, 0.3) is 0 Å². The smallest absolute Gasteiger partial charge is 0.142 e. The van der Waals surface area contributed by atoms with Gasteiger partial charge < -0.3 is 5.11 Å². The molecule has 0 bridgehead atoms. The maximum Gasteiger partial charge on any atom is 0.142 e. The van der Waals surface area contributed by atoms with E-state index in [1.807, 2.05) is 72.8 Å². The highest BCUT2D eigenvalue weighted by Gasteiger charge is 2.36. The lowest BCUT2D eigenvalue weighted by molar-refractivity contribution is 0.127. The predicted octanol–water partition coefficient (Wildman–Crippen LogP) is 5.76. The molecule has 4 rings (SSSR count). The highest BCUT2D eigenvalue weighted by atomic mass is 32.1. The Labute approximate surface area is 149 Å². The van der Waals surface area contributed by atoms with Gasteiger partial charge in [-0.15, -0.1) is 22.7 Å². The summed E-state index contributed by atoms with van der Waals surface area (Å²) in [5, 5.41) is 16.0. The molecule has 0 saturated carbocycles. The molecule has 4 aromatic rings. The molecule has 2 heterocycles. The van der Waals surface area contributed by atoms with Gasteiger partial charge in [0.05, 0.1) is 4.88 Å². The van der Waals surface area contributed by atoms with E-state index in [-0.39, 0.29) is 0 Å². The number of hydrogen-bond acceptors (Lipinski definition) is 3. The maximum absolute atomic E-state index is 11.9. The Morgan fingerprint density at radius 3 is 1.79 bits per heavy atom. The van der Waals surface area contributed by atoms with E-state index in [0.29, 0.717) is 0 Å². The fraction of sp³-hybridized carbons (Fsp3) is 0.0476. The summed E-state index contributed by atoms with van der Waals surface area (Å²) in [5.74, 6) is 0. The molecule has 3 heteroatoms. The van der Waals surface area contributed by atoms with E-state index in [2.05, 4.69) is 16.8 Å². The standard InChI is InChI=1S/C21H16OS2/c22-21(16-8-3-1-4-9-16,17-10-5-2-6-11-17)18-13-15-24-20(18)19-12-7-14-23-19/h1-15,22H. The van der Waals surface area contributed by atoms with Crippen LogP contribution in [0, 0.1) is 0 Å². The number of rotatable bonds is 4. The van der Waals surface area contributed by atoms with Gasteiger partial charge in [0, 0.05) is 10.4 Å². The summed E-state index contributed by atoms with van der Waals surface area (Å²) >= 11 is 3.37. The van der Waals surface area contributed by atoms with Crippen LogP contribution in [0.15, 0.2) is 89.6 Å². The van der Waals surface area contributed by atoms with Gasteiger partial charge in [-0.25, -0.2) is 0 Å². The Kier molecular flexibility index (Phi) is 4.07. The van der Waals surface area contributed by atoms with Crippen molar-refractivity contribution in [3.8, 4) is 9.75 Å². The second-order valence-corrected chi connectivity index (χ2v) is 7.45. The van der Waals surface area contributed by atoms with Crippen LogP contribution in [-0.2, 0) is 5.60 Å². The van der Waals surface area contributed by atoms with E-state index in [1.165, 1.54) is 4.88 Å². The quantitative estimate of drug-likeness (QED) is 0.497. The number of hydrogen-bond donors (Lipinski definition) is 1. The molecule has 24 heavy (non-hydrogen) atoms. The normalized spacial score (nSPS) is 11.5. The molecular weight excluding hydrogens is 332 g/mol. The number of aliphatic hydroxyl groups is 1. The second kappa shape index (κ2) is 6.36. The van der Waals surface area contributed by atoms with Crippen LogP contribution in [0.3, 0.4) is 0 Å². The molecule has 0 aliphatic carbocycles. The molecule has 0 saturated heterocycles. The van der Waals surface area contributed by atoms with Crippen molar-refractivity contribution in [1.82, 2.24) is 0 Å². The second-order valence-electron chi connectivity index (χ2n) is 5.58. The molecule has 0 spiro atoms. The summed E-state index contributed by atoms with van der Waals surface area (Å²) < 4.78 is 0. The van der Waals surface area contributed by atoms with Crippen molar-refractivity contribution in [2.45, 2.75) is 5.60 Å². The summed E-state index contributed by atoms with van der Waals surface area (Å²) in [4.78, 5) is 2.31. The Hall–Kier alpha value is -2.20. The zero-order valence-electron chi connectivity index (χ0n) is 12.9. The summed E-state index contributed by atoms with van der Waals surface area (Å²) in [7, 11) is 0. The lowest BCUT2D eigenvalue weighted by atomic mass is 9.80. The summed E-state index contributed by atoms with van der Waals surface area (Å²) in [6.45, 7) is 0. The van der Waals surface area contributed by atoms with Crippen molar-refractivity contribution in [2.75, 3.05) is 0 Å². The van der Waals surface area contributed by atoms with Gasteiger partial charge >= 0.3 is 0 Å². The van der Waals surface area contributed by atoms with E-state index in [0.717, 1.165) is 21.6 Å². The van der Waals surface area contributed by atoms with Gasteiger partial charge in [-0.3, -0.25) is 0 Å². The first kappa shape index (κ1) is 15.3. The Balaban J connectivity index is 1.98. The first-order valence-electron chi connectivity index (χ1n) is 7.75. The summed E-state index contributed by atoms with van der Waals surface area (Å²) in [6.07, 6.45) is 0. The first-order valence-corrected chi connectivity index (χ1v) is 9.51. The molecule has 0 aliphatic rings. The molecule has 0 atom stereocenters. The highest BCUT2D eigenvalue weighted by Crippen LogP contribution is 2.44. The topological polar surface area (TPSA) is 20.2 Å². The molecule has 0 amide bonds. The SMILES string of the molecule is OC(c1ccccc1)(c1ccccc1)c1ccsc1-c1cccs1. The lowest BCUT2D eigenvalue weighted by Crippen LogP contribution is -2.28. The third-order valence-corrected chi connectivity index (χ3v) is 6.15. The van der Waals surface area contributed by atoms with Crippen LogP contribution in [-0.4, -0.2) is 5.11 Å². The highest BCUT2D eigenvalue weighted by molar-refractivity contribution is 7.20. The van der Waals surface area contributed by atoms with Crippen molar-refractivity contribution in [2.24, 2.45) is 0 Å².